The maximum absolute atomic E-state index is 12.4. The Bertz CT molecular complexity index is 555. The molecular formula is C20H31N3O2. The molecule has 2 saturated heterocycles. The van der Waals surface area contributed by atoms with Crippen molar-refractivity contribution in [3.05, 3.63) is 35.9 Å². The van der Waals surface area contributed by atoms with Crippen LogP contribution in [0.2, 0.25) is 0 Å². The Kier molecular flexibility index (Phi) is 5.97. The number of nitrogens with one attached hydrogen (secondary N) is 1. The molecule has 2 fully saturated rings. The number of carbonyl (C=O) groups excluding carboxylic acids is 1. The van der Waals surface area contributed by atoms with Gasteiger partial charge in [-0.05, 0) is 50.3 Å². The first-order chi connectivity index (χ1) is 12.1. The zero-order chi connectivity index (χ0) is 17.7. The van der Waals surface area contributed by atoms with Gasteiger partial charge in [-0.15, -0.1) is 0 Å². The Morgan fingerprint density at radius 1 is 1.24 bits per heavy atom. The van der Waals surface area contributed by atoms with Crippen LogP contribution < -0.4 is 5.32 Å². The largest absolute Gasteiger partial charge is 0.385 e. The zero-order valence-corrected chi connectivity index (χ0v) is 15.3. The number of benzene rings is 1. The van der Waals surface area contributed by atoms with Crippen LogP contribution in [-0.4, -0.2) is 60.2 Å². The normalized spacial score (nSPS) is 23.6. The molecule has 0 aromatic heterocycles. The van der Waals surface area contributed by atoms with Crippen LogP contribution in [0.1, 0.15) is 38.2 Å². The van der Waals surface area contributed by atoms with Gasteiger partial charge in [-0.3, -0.25) is 0 Å². The average Bonchev–Trinajstić information content (AvgIpc) is 3.09. The maximum atomic E-state index is 12.4. The minimum atomic E-state index is -0.801. The van der Waals surface area contributed by atoms with Gasteiger partial charge in [0.1, 0.15) is 0 Å². The number of aliphatic hydroxyl groups is 1. The molecule has 25 heavy (non-hydrogen) atoms. The lowest BCUT2D eigenvalue weighted by Gasteiger charge is -2.38. The van der Waals surface area contributed by atoms with E-state index in [0.29, 0.717) is 31.8 Å². The minimum Gasteiger partial charge on any atom is -0.385 e. The number of urea groups is 1. The second-order valence-corrected chi connectivity index (χ2v) is 7.53. The Balaban J connectivity index is 1.43. The van der Waals surface area contributed by atoms with E-state index in [4.69, 9.17) is 0 Å². The van der Waals surface area contributed by atoms with Crippen molar-refractivity contribution in [1.82, 2.24) is 15.1 Å². The Hall–Kier alpha value is -1.59. The van der Waals surface area contributed by atoms with Crippen LogP contribution in [0, 0.1) is 5.92 Å². The van der Waals surface area contributed by atoms with Gasteiger partial charge in [0.15, 0.2) is 0 Å². The molecular weight excluding hydrogens is 314 g/mol. The molecule has 0 aliphatic carbocycles. The number of piperidine rings is 1. The highest BCUT2D eigenvalue weighted by atomic mass is 16.3. The van der Waals surface area contributed by atoms with Crippen molar-refractivity contribution in [3.8, 4) is 0 Å². The number of amides is 2. The monoisotopic (exact) mass is 345 g/mol. The van der Waals surface area contributed by atoms with Crippen LogP contribution in [0.25, 0.3) is 0 Å². The molecule has 0 saturated carbocycles. The number of likely N-dealkylation sites (tertiary alicyclic amines) is 2. The fraction of sp³-hybridized carbons (Fsp3) is 0.650. The predicted octanol–water partition coefficient (Wildman–Crippen LogP) is 2.41. The van der Waals surface area contributed by atoms with Crippen molar-refractivity contribution in [2.75, 3.05) is 39.3 Å². The van der Waals surface area contributed by atoms with Crippen LogP contribution in [0.4, 0.5) is 4.79 Å². The summed E-state index contributed by atoms with van der Waals surface area (Å²) in [5, 5.41) is 14.0. The molecule has 3 rings (SSSR count). The van der Waals surface area contributed by atoms with Gasteiger partial charge in [0.2, 0.25) is 0 Å². The number of carbonyl (C=O) groups is 1. The first-order valence-corrected chi connectivity index (χ1v) is 9.64. The van der Waals surface area contributed by atoms with E-state index < -0.39 is 5.60 Å². The summed E-state index contributed by atoms with van der Waals surface area (Å²) in [6.07, 6.45) is 3.56. The number of nitrogens with zero attached hydrogens (tertiary/aromatic N) is 2. The lowest BCUT2D eigenvalue weighted by Crippen LogP contribution is -2.49. The summed E-state index contributed by atoms with van der Waals surface area (Å²) in [5.41, 5.74) is 0.154. The van der Waals surface area contributed by atoms with Gasteiger partial charge >= 0.3 is 6.03 Å². The van der Waals surface area contributed by atoms with Gasteiger partial charge < -0.3 is 20.2 Å². The quantitative estimate of drug-likeness (QED) is 0.862. The molecule has 2 aliphatic rings. The van der Waals surface area contributed by atoms with E-state index in [0.717, 1.165) is 31.7 Å². The maximum Gasteiger partial charge on any atom is 0.317 e. The first kappa shape index (κ1) is 18.2. The summed E-state index contributed by atoms with van der Waals surface area (Å²) in [7, 11) is 0. The molecule has 1 atom stereocenters. The van der Waals surface area contributed by atoms with Gasteiger partial charge in [-0.25, -0.2) is 4.79 Å². The molecule has 2 heterocycles. The van der Waals surface area contributed by atoms with E-state index in [9.17, 15) is 9.90 Å². The van der Waals surface area contributed by atoms with E-state index in [1.807, 2.05) is 35.2 Å². The van der Waals surface area contributed by atoms with E-state index in [1.165, 1.54) is 12.8 Å². The van der Waals surface area contributed by atoms with Crippen LogP contribution in [0.3, 0.4) is 0 Å². The molecule has 138 valence electrons. The van der Waals surface area contributed by atoms with Crippen molar-refractivity contribution in [2.45, 2.75) is 38.2 Å². The van der Waals surface area contributed by atoms with Crippen molar-refractivity contribution in [1.29, 1.82) is 0 Å². The first-order valence-electron chi connectivity index (χ1n) is 9.64. The lowest BCUT2D eigenvalue weighted by molar-refractivity contribution is -0.0168. The van der Waals surface area contributed by atoms with Crippen molar-refractivity contribution in [2.24, 2.45) is 5.92 Å². The number of rotatable bonds is 5. The van der Waals surface area contributed by atoms with Gasteiger partial charge in [0, 0.05) is 26.2 Å². The topological polar surface area (TPSA) is 55.8 Å². The molecule has 1 unspecified atom stereocenters. The van der Waals surface area contributed by atoms with Crippen molar-refractivity contribution in [3.63, 3.8) is 0 Å². The fourth-order valence-corrected chi connectivity index (χ4v) is 4.06. The van der Waals surface area contributed by atoms with Gasteiger partial charge in [0.25, 0.3) is 0 Å². The summed E-state index contributed by atoms with van der Waals surface area (Å²) in [5.74, 6) is 0.571. The van der Waals surface area contributed by atoms with E-state index in [1.54, 1.807) is 0 Å². The van der Waals surface area contributed by atoms with Crippen LogP contribution in [0.5, 0.6) is 0 Å². The molecule has 0 bridgehead atoms. The molecule has 2 amide bonds. The van der Waals surface area contributed by atoms with Gasteiger partial charge in [-0.2, -0.15) is 0 Å². The van der Waals surface area contributed by atoms with Crippen LogP contribution >= 0.6 is 0 Å². The second kappa shape index (κ2) is 8.19. The summed E-state index contributed by atoms with van der Waals surface area (Å²) in [4.78, 5) is 16.8. The molecule has 0 spiro atoms. The molecule has 0 radical (unpaired) electrons. The molecule has 1 aromatic rings. The SMILES string of the molecule is CCCN1CCC(CNC(=O)N2CCC(O)(c3ccccc3)CC2)C1. The third-order valence-electron chi connectivity index (χ3n) is 5.64. The highest BCUT2D eigenvalue weighted by molar-refractivity contribution is 5.74. The summed E-state index contributed by atoms with van der Waals surface area (Å²) < 4.78 is 0. The van der Waals surface area contributed by atoms with E-state index in [-0.39, 0.29) is 6.03 Å². The third kappa shape index (κ3) is 4.53. The van der Waals surface area contributed by atoms with Gasteiger partial charge in [0.05, 0.1) is 5.60 Å². The molecule has 1 aromatic carbocycles. The van der Waals surface area contributed by atoms with Gasteiger partial charge in [-0.1, -0.05) is 37.3 Å². The minimum absolute atomic E-state index is 0.0176. The standard InChI is InChI=1S/C20H31N3O2/c1-2-11-22-12-8-17(16-22)15-21-19(24)23-13-9-20(25,10-14-23)18-6-4-3-5-7-18/h3-7,17,25H,2,8-16H2,1H3,(H,21,24). The Morgan fingerprint density at radius 3 is 2.64 bits per heavy atom. The van der Waals surface area contributed by atoms with E-state index in [2.05, 4.69) is 17.1 Å². The van der Waals surface area contributed by atoms with Crippen molar-refractivity contribution < 1.29 is 9.90 Å². The molecule has 5 nitrogen and oxygen atoms in total. The average molecular weight is 345 g/mol. The fourth-order valence-electron chi connectivity index (χ4n) is 4.06. The Morgan fingerprint density at radius 2 is 1.96 bits per heavy atom. The van der Waals surface area contributed by atoms with Crippen molar-refractivity contribution >= 4 is 6.03 Å². The number of hydrogen-bond donors (Lipinski definition) is 2. The smallest absolute Gasteiger partial charge is 0.317 e. The van der Waals surface area contributed by atoms with E-state index >= 15 is 0 Å². The van der Waals surface area contributed by atoms with Crippen LogP contribution in [-0.2, 0) is 5.60 Å². The molecule has 2 N–H and O–H groups in total. The lowest BCUT2D eigenvalue weighted by atomic mass is 9.84. The second-order valence-electron chi connectivity index (χ2n) is 7.53. The third-order valence-corrected chi connectivity index (χ3v) is 5.64. The summed E-state index contributed by atoms with van der Waals surface area (Å²) in [6, 6.07) is 9.82. The molecule has 2 aliphatic heterocycles. The highest BCUT2D eigenvalue weighted by Gasteiger charge is 2.35. The molecule has 5 heteroatoms. The van der Waals surface area contributed by atoms with Crippen LogP contribution in [0.15, 0.2) is 30.3 Å². The zero-order valence-electron chi connectivity index (χ0n) is 15.3. The summed E-state index contributed by atoms with van der Waals surface area (Å²) in [6.45, 7) is 7.59. The Labute approximate surface area is 151 Å². The highest BCUT2D eigenvalue weighted by Crippen LogP contribution is 2.32. The summed E-state index contributed by atoms with van der Waals surface area (Å²) >= 11 is 0. The number of hydrogen-bond acceptors (Lipinski definition) is 3. The predicted molar refractivity (Wildman–Crippen MR) is 99.4 cm³/mol.